The molecule has 11 heteroatoms. The Balaban J connectivity index is 1.82. The highest BCUT2D eigenvalue weighted by Gasteiger charge is 2.41. The molecule has 4 unspecified atom stereocenters. The maximum Gasteiger partial charge on any atom is 0.325 e. The van der Waals surface area contributed by atoms with E-state index in [2.05, 4.69) is 24.1 Å². The van der Waals surface area contributed by atoms with Crippen LogP contribution in [0, 0.1) is 11.3 Å². The summed E-state index contributed by atoms with van der Waals surface area (Å²) >= 11 is 0. The SMILES string of the molecule is CCOC(=O)CN(Cc1ccccc1)C(=O)C1CCCN1C(=O)/C(C)=C/C(C(C)C)N(C)C(=O)C(NC(=O)C1CCCCN1C(C)C)C(C)(C)C. The number of piperidine rings is 1. The summed E-state index contributed by atoms with van der Waals surface area (Å²) in [6.45, 7) is 19.0. The van der Waals surface area contributed by atoms with Crippen LogP contribution in [0.15, 0.2) is 42.0 Å². The van der Waals surface area contributed by atoms with Crippen molar-refractivity contribution in [1.82, 2.24) is 24.9 Å². The number of benzene rings is 1. The third-order valence-electron chi connectivity index (χ3n) is 10.1. The first-order chi connectivity index (χ1) is 24.0. The van der Waals surface area contributed by atoms with Crippen molar-refractivity contribution in [3.8, 4) is 0 Å². The largest absolute Gasteiger partial charge is 0.465 e. The molecule has 0 saturated carbocycles. The molecule has 1 N–H and O–H groups in total. The van der Waals surface area contributed by atoms with E-state index in [1.807, 2.05) is 71.0 Å². The second-order valence-corrected chi connectivity index (χ2v) is 15.8. The maximum atomic E-state index is 14.3. The van der Waals surface area contributed by atoms with Crippen molar-refractivity contribution >= 4 is 29.6 Å². The van der Waals surface area contributed by atoms with E-state index in [9.17, 15) is 24.0 Å². The molecule has 51 heavy (non-hydrogen) atoms. The average Bonchev–Trinajstić information content (AvgIpc) is 3.57. The molecule has 2 heterocycles. The Labute approximate surface area is 306 Å². The molecule has 2 fully saturated rings. The van der Waals surface area contributed by atoms with Gasteiger partial charge in [-0.25, -0.2) is 0 Å². The number of carbonyl (C=O) groups is 5. The van der Waals surface area contributed by atoms with E-state index in [1.54, 1.807) is 30.7 Å². The summed E-state index contributed by atoms with van der Waals surface area (Å²) in [4.78, 5) is 75.5. The van der Waals surface area contributed by atoms with Gasteiger partial charge in [0.25, 0.3) is 0 Å². The van der Waals surface area contributed by atoms with E-state index < -0.39 is 29.5 Å². The van der Waals surface area contributed by atoms with Crippen molar-refractivity contribution in [1.29, 1.82) is 0 Å². The summed E-state index contributed by atoms with van der Waals surface area (Å²) in [7, 11) is 1.73. The van der Waals surface area contributed by atoms with Crippen LogP contribution in [0.2, 0.25) is 0 Å². The summed E-state index contributed by atoms with van der Waals surface area (Å²) in [5, 5.41) is 3.13. The number of nitrogens with zero attached hydrogens (tertiary/aromatic N) is 4. The highest BCUT2D eigenvalue weighted by molar-refractivity contribution is 5.98. The molecule has 3 rings (SSSR count). The smallest absolute Gasteiger partial charge is 0.325 e. The predicted octanol–water partition coefficient (Wildman–Crippen LogP) is 4.79. The lowest BCUT2D eigenvalue weighted by molar-refractivity contribution is -0.151. The molecule has 1 aromatic carbocycles. The minimum atomic E-state index is -0.771. The highest BCUT2D eigenvalue weighted by atomic mass is 16.5. The minimum absolute atomic E-state index is 0.0465. The Bertz CT molecular complexity index is 1390. The van der Waals surface area contributed by atoms with Gasteiger partial charge in [-0.05, 0) is 76.8 Å². The molecule has 4 atom stereocenters. The molecule has 0 spiro atoms. The van der Waals surface area contributed by atoms with Gasteiger partial charge in [-0.1, -0.05) is 77.4 Å². The third kappa shape index (κ3) is 11.1. The standard InChI is InChI=1S/C40H63N5O6/c1-11-51-34(46)26-43(25-30-18-13-12-14-19-30)38(49)32-21-17-23-45(32)37(48)29(6)24-33(27(2)3)42(10)39(50)35(40(7,8)9)41-36(47)31-20-15-16-22-44(31)28(4)5/h12-14,18-19,24,27-28,31-33,35H,11,15-17,20-23,25-26H2,1-10H3,(H,41,47)/b29-24+. The number of likely N-dealkylation sites (tertiary alicyclic amines) is 2. The van der Waals surface area contributed by atoms with Crippen LogP contribution in [0.5, 0.6) is 0 Å². The number of hydrogen-bond acceptors (Lipinski definition) is 7. The lowest BCUT2D eigenvalue weighted by atomic mass is 9.84. The van der Waals surface area contributed by atoms with Crippen molar-refractivity contribution < 1.29 is 28.7 Å². The second kappa shape index (κ2) is 18.7. The van der Waals surface area contributed by atoms with Gasteiger partial charge in [0.15, 0.2) is 0 Å². The van der Waals surface area contributed by atoms with Crippen LogP contribution in [-0.4, -0.2) is 113 Å². The lowest BCUT2D eigenvalue weighted by Crippen LogP contribution is -2.60. The van der Waals surface area contributed by atoms with Gasteiger partial charge in [0, 0.05) is 31.8 Å². The molecule has 284 valence electrons. The number of esters is 1. The van der Waals surface area contributed by atoms with E-state index in [0.717, 1.165) is 31.4 Å². The Morgan fingerprint density at radius 1 is 0.961 bits per heavy atom. The second-order valence-electron chi connectivity index (χ2n) is 15.8. The third-order valence-corrected chi connectivity index (χ3v) is 10.1. The summed E-state index contributed by atoms with van der Waals surface area (Å²) in [5.74, 6) is -1.46. The molecular weight excluding hydrogens is 646 g/mol. The Morgan fingerprint density at radius 3 is 2.20 bits per heavy atom. The summed E-state index contributed by atoms with van der Waals surface area (Å²) < 4.78 is 5.17. The molecular formula is C40H63N5O6. The molecule has 4 amide bonds. The molecule has 2 aliphatic heterocycles. The Morgan fingerprint density at radius 2 is 1.61 bits per heavy atom. The van der Waals surface area contributed by atoms with Crippen molar-refractivity contribution in [2.75, 3.05) is 33.3 Å². The maximum absolute atomic E-state index is 14.3. The number of ether oxygens (including phenoxy) is 1. The molecule has 0 aliphatic carbocycles. The van der Waals surface area contributed by atoms with E-state index >= 15 is 0 Å². The summed E-state index contributed by atoms with van der Waals surface area (Å²) in [5.41, 5.74) is 0.738. The van der Waals surface area contributed by atoms with Crippen molar-refractivity contribution in [2.45, 2.75) is 131 Å². The van der Waals surface area contributed by atoms with Gasteiger partial charge in [-0.2, -0.15) is 0 Å². The predicted molar refractivity (Wildman–Crippen MR) is 199 cm³/mol. The van der Waals surface area contributed by atoms with Crippen LogP contribution in [0.1, 0.15) is 100.0 Å². The normalized spacial score (nSPS) is 19.8. The van der Waals surface area contributed by atoms with Crippen molar-refractivity contribution in [3.05, 3.63) is 47.5 Å². The zero-order valence-corrected chi connectivity index (χ0v) is 32.7. The van der Waals surface area contributed by atoms with Crippen LogP contribution >= 0.6 is 0 Å². The molecule has 1 aromatic rings. The summed E-state index contributed by atoms with van der Waals surface area (Å²) in [6.07, 6.45) is 5.74. The molecule has 2 aliphatic rings. The fourth-order valence-electron chi connectivity index (χ4n) is 7.25. The average molecular weight is 710 g/mol. The van der Waals surface area contributed by atoms with Crippen molar-refractivity contribution in [3.63, 3.8) is 0 Å². The quantitative estimate of drug-likeness (QED) is 0.218. The van der Waals surface area contributed by atoms with E-state index in [1.165, 1.54) is 4.90 Å². The van der Waals surface area contributed by atoms with Gasteiger partial charge in [0.05, 0.1) is 18.7 Å². The molecule has 0 aromatic heterocycles. The minimum Gasteiger partial charge on any atom is -0.465 e. The Hall–Kier alpha value is -3.73. The van der Waals surface area contributed by atoms with Crippen LogP contribution in [0.25, 0.3) is 0 Å². The van der Waals surface area contributed by atoms with Gasteiger partial charge >= 0.3 is 5.97 Å². The fourth-order valence-corrected chi connectivity index (χ4v) is 7.25. The number of hydrogen-bond donors (Lipinski definition) is 1. The van der Waals surface area contributed by atoms with E-state index in [-0.39, 0.29) is 61.3 Å². The van der Waals surface area contributed by atoms with E-state index in [4.69, 9.17) is 4.74 Å². The van der Waals surface area contributed by atoms with Gasteiger partial charge in [0.1, 0.15) is 18.6 Å². The van der Waals surface area contributed by atoms with Crippen LogP contribution < -0.4 is 5.32 Å². The molecule has 0 bridgehead atoms. The van der Waals surface area contributed by atoms with Crippen LogP contribution in [-0.2, 0) is 35.3 Å². The number of nitrogens with one attached hydrogen (secondary N) is 1. The van der Waals surface area contributed by atoms with Gasteiger partial charge < -0.3 is 24.8 Å². The summed E-state index contributed by atoms with van der Waals surface area (Å²) in [6, 6.07) is 7.44. The topological polar surface area (TPSA) is 120 Å². The van der Waals surface area contributed by atoms with Crippen LogP contribution in [0.3, 0.4) is 0 Å². The lowest BCUT2D eigenvalue weighted by Gasteiger charge is -2.41. The zero-order chi connectivity index (χ0) is 38.0. The first kappa shape index (κ1) is 41.7. The number of amides is 4. The first-order valence-corrected chi connectivity index (χ1v) is 18.8. The monoisotopic (exact) mass is 709 g/mol. The first-order valence-electron chi connectivity index (χ1n) is 18.8. The highest BCUT2D eigenvalue weighted by Crippen LogP contribution is 2.27. The fraction of sp³-hybridized carbons (Fsp3) is 0.675. The Kier molecular flexibility index (Phi) is 15.3. The van der Waals surface area contributed by atoms with Gasteiger partial charge in [0.2, 0.25) is 23.6 Å². The van der Waals surface area contributed by atoms with Gasteiger partial charge in [-0.3, -0.25) is 28.9 Å². The number of likely N-dealkylation sites (N-methyl/N-ethyl adjacent to an activating group) is 1. The van der Waals surface area contributed by atoms with E-state index in [0.29, 0.717) is 25.0 Å². The number of carbonyl (C=O) groups excluding carboxylic acids is 5. The molecule has 11 nitrogen and oxygen atoms in total. The van der Waals surface area contributed by atoms with Gasteiger partial charge in [-0.15, -0.1) is 0 Å². The molecule has 0 radical (unpaired) electrons. The number of rotatable bonds is 14. The zero-order valence-electron chi connectivity index (χ0n) is 32.7. The van der Waals surface area contributed by atoms with Crippen molar-refractivity contribution in [2.24, 2.45) is 11.3 Å². The van der Waals surface area contributed by atoms with Crippen LogP contribution in [0.4, 0.5) is 0 Å². The molecule has 2 saturated heterocycles.